The lowest BCUT2D eigenvalue weighted by molar-refractivity contribution is 0.105. The Morgan fingerprint density at radius 1 is 0.905 bits per heavy atom. The number of benzene rings is 2. The van der Waals surface area contributed by atoms with E-state index in [2.05, 4.69) is 0 Å². The van der Waals surface area contributed by atoms with Crippen molar-refractivity contribution in [3.63, 3.8) is 0 Å². The molecule has 0 aliphatic heterocycles. The van der Waals surface area contributed by atoms with E-state index in [9.17, 15) is 9.90 Å². The standard InChI is InChI=1S/C17H14O4/c1-20-10-7-8-13(14(9-10)21-2)15-16(18)11-5-3-4-6-12(11)17(15)19/h3-9,18H,1-2H3. The van der Waals surface area contributed by atoms with Gasteiger partial charge in [-0.15, -0.1) is 0 Å². The highest BCUT2D eigenvalue weighted by Gasteiger charge is 2.31. The van der Waals surface area contributed by atoms with Gasteiger partial charge in [-0.05, 0) is 12.1 Å². The number of aliphatic hydroxyl groups excluding tert-OH is 1. The minimum Gasteiger partial charge on any atom is -0.506 e. The van der Waals surface area contributed by atoms with Crippen LogP contribution in [0.15, 0.2) is 42.5 Å². The lowest BCUT2D eigenvalue weighted by Crippen LogP contribution is -2.01. The van der Waals surface area contributed by atoms with Crippen LogP contribution < -0.4 is 9.47 Å². The molecule has 1 aliphatic rings. The summed E-state index contributed by atoms with van der Waals surface area (Å²) in [5, 5.41) is 10.4. The molecule has 1 aliphatic carbocycles. The van der Waals surface area contributed by atoms with Crippen LogP contribution in [0.1, 0.15) is 21.5 Å². The Bertz CT molecular complexity index is 759. The first-order chi connectivity index (χ1) is 10.2. The maximum absolute atomic E-state index is 12.5. The molecule has 0 aromatic heterocycles. The third kappa shape index (κ3) is 1.96. The van der Waals surface area contributed by atoms with Gasteiger partial charge in [-0.25, -0.2) is 0 Å². The molecule has 0 bridgehead atoms. The Hall–Kier alpha value is -2.75. The number of methoxy groups -OCH3 is 2. The maximum atomic E-state index is 12.5. The van der Waals surface area contributed by atoms with Crippen LogP contribution >= 0.6 is 0 Å². The van der Waals surface area contributed by atoms with Gasteiger partial charge in [0.25, 0.3) is 0 Å². The van der Waals surface area contributed by atoms with E-state index in [0.29, 0.717) is 28.2 Å². The van der Waals surface area contributed by atoms with Gasteiger partial charge in [0.15, 0.2) is 5.78 Å². The van der Waals surface area contributed by atoms with Crippen molar-refractivity contribution in [2.24, 2.45) is 0 Å². The molecule has 4 nitrogen and oxygen atoms in total. The minimum absolute atomic E-state index is 0.0148. The lowest BCUT2D eigenvalue weighted by atomic mass is 10.0. The average molecular weight is 282 g/mol. The lowest BCUT2D eigenvalue weighted by Gasteiger charge is -2.11. The third-order valence-corrected chi connectivity index (χ3v) is 3.57. The molecule has 0 atom stereocenters. The largest absolute Gasteiger partial charge is 0.506 e. The van der Waals surface area contributed by atoms with E-state index in [-0.39, 0.29) is 17.1 Å². The second kappa shape index (κ2) is 4.98. The summed E-state index contributed by atoms with van der Waals surface area (Å²) in [6, 6.07) is 12.1. The second-order valence-electron chi connectivity index (χ2n) is 4.66. The molecule has 106 valence electrons. The minimum atomic E-state index is -0.202. The average Bonchev–Trinajstić information content (AvgIpc) is 2.79. The van der Waals surface area contributed by atoms with Crippen molar-refractivity contribution in [1.82, 2.24) is 0 Å². The molecule has 1 N–H and O–H groups in total. The number of aliphatic hydroxyl groups is 1. The van der Waals surface area contributed by atoms with Crippen LogP contribution in [0.4, 0.5) is 0 Å². The number of fused-ring (bicyclic) bond motifs is 1. The Morgan fingerprint density at radius 3 is 2.24 bits per heavy atom. The van der Waals surface area contributed by atoms with Crippen LogP contribution in [0.3, 0.4) is 0 Å². The van der Waals surface area contributed by atoms with E-state index in [1.165, 1.54) is 7.11 Å². The van der Waals surface area contributed by atoms with Crippen molar-refractivity contribution in [2.45, 2.75) is 0 Å². The van der Waals surface area contributed by atoms with Crippen molar-refractivity contribution in [1.29, 1.82) is 0 Å². The highest BCUT2D eigenvalue weighted by molar-refractivity contribution is 6.39. The number of hydrogen-bond acceptors (Lipinski definition) is 4. The van der Waals surface area contributed by atoms with Crippen molar-refractivity contribution in [3.8, 4) is 11.5 Å². The molecule has 4 heteroatoms. The highest BCUT2D eigenvalue weighted by Crippen LogP contribution is 2.40. The Kier molecular flexibility index (Phi) is 3.14. The third-order valence-electron chi connectivity index (χ3n) is 3.57. The number of allylic oxidation sites excluding steroid dienone is 1. The van der Waals surface area contributed by atoms with E-state index >= 15 is 0 Å². The van der Waals surface area contributed by atoms with Gasteiger partial charge in [0.1, 0.15) is 17.3 Å². The highest BCUT2D eigenvalue weighted by atomic mass is 16.5. The van der Waals surface area contributed by atoms with E-state index in [4.69, 9.17) is 9.47 Å². The van der Waals surface area contributed by atoms with Crippen LogP contribution in [0.5, 0.6) is 11.5 Å². The first-order valence-electron chi connectivity index (χ1n) is 6.47. The summed E-state index contributed by atoms with van der Waals surface area (Å²) >= 11 is 0. The Morgan fingerprint density at radius 2 is 1.62 bits per heavy atom. The molecule has 0 saturated carbocycles. The van der Waals surface area contributed by atoms with Crippen LogP contribution in [0.2, 0.25) is 0 Å². The molecule has 0 radical (unpaired) electrons. The van der Waals surface area contributed by atoms with Crippen LogP contribution in [0.25, 0.3) is 11.3 Å². The quantitative estimate of drug-likeness (QED) is 0.938. The second-order valence-corrected chi connectivity index (χ2v) is 4.66. The van der Waals surface area contributed by atoms with Crippen LogP contribution in [0, 0.1) is 0 Å². The number of Topliss-reactive ketones (excluding diaryl/α,β-unsaturated/α-hetero) is 1. The summed E-state index contributed by atoms with van der Waals surface area (Å²) in [5.41, 5.74) is 1.87. The van der Waals surface area contributed by atoms with Crippen molar-refractivity contribution >= 4 is 17.1 Å². The summed E-state index contributed by atoms with van der Waals surface area (Å²) in [6.45, 7) is 0. The zero-order valence-electron chi connectivity index (χ0n) is 11.7. The van der Waals surface area contributed by atoms with Gasteiger partial charge in [-0.1, -0.05) is 24.3 Å². The van der Waals surface area contributed by atoms with Crippen LogP contribution in [-0.2, 0) is 0 Å². The molecule has 0 heterocycles. The van der Waals surface area contributed by atoms with E-state index in [0.717, 1.165) is 0 Å². The topological polar surface area (TPSA) is 55.8 Å². The van der Waals surface area contributed by atoms with Gasteiger partial charge in [-0.3, -0.25) is 4.79 Å². The van der Waals surface area contributed by atoms with Crippen LogP contribution in [-0.4, -0.2) is 25.1 Å². The summed E-state index contributed by atoms with van der Waals surface area (Å²) in [5.74, 6) is 0.890. The molecule has 0 amide bonds. The molecular weight excluding hydrogens is 268 g/mol. The number of ether oxygens (including phenoxy) is 2. The maximum Gasteiger partial charge on any atom is 0.198 e. The smallest absolute Gasteiger partial charge is 0.198 e. The molecule has 2 aromatic rings. The monoisotopic (exact) mass is 282 g/mol. The molecule has 2 aromatic carbocycles. The van der Waals surface area contributed by atoms with Gasteiger partial charge in [0.2, 0.25) is 0 Å². The predicted molar refractivity (Wildman–Crippen MR) is 79.8 cm³/mol. The predicted octanol–water partition coefficient (Wildman–Crippen LogP) is 3.33. The van der Waals surface area contributed by atoms with Gasteiger partial charge >= 0.3 is 0 Å². The number of rotatable bonds is 3. The van der Waals surface area contributed by atoms with E-state index < -0.39 is 0 Å². The zero-order valence-corrected chi connectivity index (χ0v) is 11.7. The SMILES string of the molecule is COc1ccc(C2=C(O)c3ccccc3C2=O)c(OC)c1. The molecule has 0 saturated heterocycles. The first kappa shape index (κ1) is 13.2. The van der Waals surface area contributed by atoms with Gasteiger partial charge in [-0.2, -0.15) is 0 Å². The normalized spacial score (nSPS) is 13.3. The molecule has 3 rings (SSSR count). The summed E-state index contributed by atoms with van der Waals surface area (Å²) in [4.78, 5) is 12.5. The Balaban J connectivity index is 2.18. The van der Waals surface area contributed by atoms with E-state index in [1.807, 2.05) is 0 Å². The fourth-order valence-corrected chi connectivity index (χ4v) is 2.52. The Labute approximate surface area is 122 Å². The summed E-state index contributed by atoms with van der Waals surface area (Å²) in [7, 11) is 3.07. The number of hydrogen-bond donors (Lipinski definition) is 1. The fourth-order valence-electron chi connectivity index (χ4n) is 2.52. The zero-order chi connectivity index (χ0) is 15.0. The van der Waals surface area contributed by atoms with Crippen molar-refractivity contribution in [3.05, 3.63) is 59.2 Å². The van der Waals surface area contributed by atoms with Gasteiger partial charge in [0.05, 0.1) is 19.8 Å². The van der Waals surface area contributed by atoms with Gasteiger partial charge in [0, 0.05) is 22.8 Å². The van der Waals surface area contributed by atoms with Crippen molar-refractivity contribution < 1.29 is 19.4 Å². The molecular formula is C17H14O4. The number of carbonyl (C=O) groups is 1. The first-order valence-corrected chi connectivity index (χ1v) is 6.47. The number of ketones is 1. The molecule has 0 fully saturated rings. The molecule has 21 heavy (non-hydrogen) atoms. The molecule has 0 unspecified atom stereocenters. The number of carbonyl (C=O) groups excluding carboxylic acids is 1. The fraction of sp³-hybridized carbons (Fsp3) is 0.118. The van der Waals surface area contributed by atoms with Crippen molar-refractivity contribution in [2.75, 3.05) is 14.2 Å². The van der Waals surface area contributed by atoms with E-state index in [1.54, 1.807) is 49.6 Å². The molecule has 0 spiro atoms. The summed E-state index contributed by atoms with van der Waals surface area (Å²) < 4.78 is 10.5. The van der Waals surface area contributed by atoms with Gasteiger partial charge < -0.3 is 14.6 Å². The summed E-state index contributed by atoms with van der Waals surface area (Å²) in [6.07, 6.45) is 0.